The van der Waals surface area contributed by atoms with E-state index in [-0.39, 0.29) is 17.6 Å². The van der Waals surface area contributed by atoms with Crippen LogP contribution in [0, 0.1) is 0 Å². The van der Waals surface area contributed by atoms with Crippen LogP contribution in [-0.2, 0) is 0 Å². The summed E-state index contributed by atoms with van der Waals surface area (Å²) in [5.41, 5.74) is 2.50. The summed E-state index contributed by atoms with van der Waals surface area (Å²) in [5, 5.41) is 14.0. The van der Waals surface area contributed by atoms with Crippen molar-refractivity contribution in [2.45, 2.75) is 6.04 Å². The van der Waals surface area contributed by atoms with E-state index < -0.39 is 0 Å². The first-order valence-electron chi connectivity index (χ1n) is 7.80. The van der Waals surface area contributed by atoms with E-state index in [1.54, 1.807) is 19.2 Å². The minimum absolute atomic E-state index is 0.0746. The molecule has 6 heteroatoms. The fraction of sp³-hybridized carbons (Fsp3) is 0.105. The Morgan fingerprint density at radius 3 is 2.20 bits per heavy atom. The van der Waals surface area contributed by atoms with Gasteiger partial charge in [0.05, 0.1) is 6.04 Å². The monoisotopic (exact) mass is 396 g/mol. The van der Waals surface area contributed by atoms with E-state index in [0.717, 1.165) is 15.6 Å². The van der Waals surface area contributed by atoms with Crippen molar-refractivity contribution in [3.05, 3.63) is 88.0 Å². The quantitative estimate of drug-likeness (QED) is 0.688. The van der Waals surface area contributed by atoms with E-state index >= 15 is 0 Å². The van der Waals surface area contributed by atoms with Gasteiger partial charge in [0.15, 0.2) is 5.69 Å². The van der Waals surface area contributed by atoms with E-state index in [9.17, 15) is 4.79 Å². The summed E-state index contributed by atoms with van der Waals surface area (Å²) < 4.78 is 1.03. The number of hydrogen-bond donors (Lipinski definition) is 2. The number of carbonyl (C=O) groups excluding carboxylic acids is 1. The van der Waals surface area contributed by atoms with Gasteiger partial charge < -0.3 is 10.6 Å². The second-order valence-electron chi connectivity index (χ2n) is 5.42. The third-order valence-corrected chi connectivity index (χ3v) is 4.28. The molecule has 5 nitrogen and oxygen atoms in total. The Balaban J connectivity index is 1.90. The number of rotatable bonds is 5. The Bertz CT molecular complexity index is 836. The molecule has 0 fully saturated rings. The number of nitrogens with one attached hydrogen (secondary N) is 2. The fourth-order valence-electron chi connectivity index (χ4n) is 2.47. The van der Waals surface area contributed by atoms with Crippen LogP contribution in [-0.4, -0.2) is 23.2 Å². The lowest BCUT2D eigenvalue weighted by Gasteiger charge is -2.20. The van der Waals surface area contributed by atoms with Crippen molar-refractivity contribution in [3.8, 4) is 0 Å². The van der Waals surface area contributed by atoms with Gasteiger partial charge in [-0.05, 0) is 35.4 Å². The maximum absolute atomic E-state index is 11.6. The number of aromatic nitrogens is 2. The first kappa shape index (κ1) is 17.1. The van der Waals surface area contributed by atoms with Crippen LogP contribution >= 0.6 is 15.9 Å². The van der Waals surface area contributed by atoms with Gasteiger partial charge in [-0.15, -0.1) is 10.2 Å². The van der Waals surface area contributed by atoms with E-state index in [4.69, 9.17) is 0 Å². The van der Waals surface area contributed by atoms with Gasteiger partial charge in [0.2, 0.25) is 0 Å². The number of halogens is 1. The summed E-state index contributed by atoms with van der Waals surface area (Å²) in [6, 6.07) is 21.6. The van der Waals surface area contributed by atoms with Gasteiger partial charge in [-0.25, -0.2) is 0 Å². The molecule has 0 bridgehead atoms. The normalized spacial score (nSPS) is 11.6. The average molecular weight is 397 g/mol. The fourth-order valence-corrected chi connectivity index (χ4v) is 2.73. The Kier molecular flexibility index (Phi) is 5.40. The van der Waals surface area contributed by atoms with Crippen molar-refractivity contribution in [1.82, 2.24) is 15.5 Å². The second kappa shape index (κ2) is 7.90. The molecule has 1 aromatic heterocycles. The third-order valence-electron chi connectivity index (χ3n) is 3.75. The van der Waals surface area contributed by atoms with Crippen LogP contribution in [0.15, 0.2) is 71.2 Å². The largest absolute Gasteiger partial charge is 0.358 e. The van der Waals surface area contributed by atoms with Crippen molar-refractivity contribution in [1.29, 1.82) is 0 Å². The summed E-state index contributed by atoms with van der Waals surface area (Å²) in [5.74, 6) is 0.344. The van der Waals surface area contributed by atoms with E-state index in [0.29, 0.717) is 5.82 Å². The summed E-state index contributed by atoms with van der Waals surface area (Å²) in [7, 11) is 1.56. The van der Waals surface area contributed by atoms with Gasteiger partial charge in [-0.3, -0.25) is 4.79 Å². The average Bonchev–Trinajstić information content (AvgIpc) is 2.67. The minimum atomic E-state index is -0.258. The molecule has 0 aliphatic carbocycles. The SMILES string of the molecule is CNC(=O)c1ccc(NC(c2ccccc2)c2ccc(Br)cc2)nn1. The highest BCUT2D eigenvalue weighted by Gasteiger charge is 2.15. The Hall–Kier alpha value is -2.73. The van der Waals surface area contributed by atoms with Gasteiger partial charge in [0, 0.05) is 11.5 Å². The maximum Gasteiger partial charge on any atom is 0.271 e. The molecule has 0 radical (unpaired) electrons. The van der Waals surface area contributed by atoms with Crippen molar-refractivity contribution in [2.75, 3.05) is 12.4 Å². The van der Waals surface area contributed by atoms with Gasteiger partial charge in [0.25, 0.3) is 5.91 Å². The zero-order valence-corrected chi connectivity index (χ0v) is 15.2. The van der Waals surface area contributed by atoms with Crippen LogP contribution in [0.4, 0.5) is 5.82 Å². The highest BCUT2D eigenvalue weighted by molar-refractivity contribution is 9.10. The van der Waals surface area contributed by atoms with Crippen LogP contribution in [0.2, 0.25) is 0 Å². The molecule has 0 spiro atoms. The highest BCUT2D eigenvalue weighted by Crippen LogP contribution is 2.27. The molecule has 1 amide bonds. The molecule has 1 unspecified atom stereocenters. The molecule has 0 aliphatic rings. The predicted octanol–water partition coefficient (Wildman–Crippen LogP) is 3.80. The number of nitrogens with zero attached hydrogens (tertiary/aromatic N) is 2. The van der Waals surface area contributed by atoms with Crippen LogP contribution < -0.4 is 10.6 Å². The first-order chi connectivity index (χ1) is 12.2. The summed E-state index contributed by atoms with van der Waals surface area (Å²) in [6.45, 7) is 0. The van der Waals surface area contributed by atoms with E-state index in [1.165, 1.54) is 0 Å². The van der Waals surface area contributed by atoms with Crippen molar-refractivity contribution in [2.24, 2.45) is 0 Å². The van der Waals surface area contributed by atoms with Crippen LogP contribution in [0.25, 0.3) is 0 Å². The van der Waals surface area contributed by atoms with E-state index in [2.05, 4.69) is 61.0 Å². The molecule has 0 aliphatic heterocycles. The molecule has 2 aromatic carbocycles. The minimum Gasteiger partial charge on any atom is -0.358 e. The molecular formula is C19H17BrN4O. The lowest BCUT2D eigenvalue weighted by atomic mass is 9.99. The molecule has 0 saturated heterocycles. The Morgan fingerprint density at radius 2 is 1.60 bits per heavy atom. The highest BCUT2D eigenvalue weighted by atomic mass is 79.9. The summed E-state index contributed by atoms with van der Waals surface area (Å²) >= 11 is 3.47. The third kappa shape index (κ3) is 4.22. The van der Waals surface area contributed by atoms with Crippen molar-refractivity contribution < 1.29 is 4.79 Å². The number of amides is 1. The van der Waals surface area contributed by atoms with Gasteiger partial charge in [-0.2, -0.15) is 0 Å². The second-order valence-corrected chi connectivity index (χ2v) is 6.34. The number of anilines is 1. The lowest BCUT2D eigenvalue weighted by molar-refractivity contribution is 0.0957. The molecule has 126 valence electrons. The topological polar surface area (TPSA) is 66.9 Å². The van der Waals surface area contributed by atoms with Gasteiger partial charge >= 0.3 is 0 Å². The lowest BCUT2D eigenvalue weighted by Crippen LogP contribution is -2.20. The smallest absolute Gasteiger partial charge is 0.271 e. The molecule has 1 atom stereocenters. The molecular weight excluding hydrogens is 380 g/mol. The van der Waals surface area contributed by atoms with Crippen LogP contribution in [0.3, 0.4) is 0 Å². The van der Waals surface area contributed by atoms with Crippen LogP contribution in [0.1, 0.15) is 27.7 Å². The van der Waals surface area contributed by atoms with Gasteiger partial charge in [0.1, 0.15) is 5.82 Å². The number of benzene rings is 2. The maximum atomic E-state index is 11.6. The van der Waals surface area contributed by atoms with E-state index in [1.807, 2.05) is 30.3 Å². The standard InChI is InChI=1S/C19H17BrN4O/c1-21-19(25)16-11-12-17(24-23-16)22-18(13-5-3-2-4-6-13)14-7-9-15(20)10-8-14/h2-12,18H,1H3,(H,21,25)(H,22,24). The zero-order valence-electron chi connectivity index (χ0n) is 13.6. The van der Waals surface area contributed by atoms with Crippen molar-refractivity contribution >= 4 is 27.7 Å². The first-order valence-corrected chi connectivity index (χ1v) is 8.59. The number of carbonyl (C=O) groups is 1. The number of hydrogen-bond acceptors (Lipinski definition) is 4. The zero-order chi connectivity index (χ0) is 17.6. The summed E-state index contributed by atoms with van der Waals surface area (Å²) in [4.78, 5) is 11.6. The summed E-state index contributed by atoms with van der Waals surface area (Å²) in [6.07, 6.45) is 0. The Morgan fingerprint density at radius 1 is 0.920 bits per heavy atom. The molecule has 3 rings (SSSR count). The van der Waals surface area contributed by atoms with Gasteiger partial charge in [-0.1, -0.05) is 58.4 Å². The molecule has 1 heterocycles. The predicted molar refractivity (Wildman–Crippen MR) is 101 cm³/mol. The Labute approximate surface area is 154 Å². The molecule has 25 heavy (non-hydrogen) atoms. The molecule has 2 N–H and O–H groups in total. The van der Waals surface area contributed by atoms with Crippen molar-refractivity contribution in [3.63, 3.8) is 0 Å². The molecule has 3 aromatic rings. The molecule has 0 saturated carbocycles. The van der Waals surface area contributed by atoms with Crippen LogP contribution in [0.5, 0.6) is 0 Å².